The van der Waals surface area contributed by atoms with Crippen molar-refractivity contribution in [2.45, 2.75) is 25.8 Å². The predicted molar refractivity (Wildman–Crippen MR) is 81.7 cm³/mol. The summed E-state index contributed by atoms with van der Waals surface area (Å²) in [7, 11) is 1.63. The first kappa shape index (κ1) is 15.6. The molecular formula is C16H24N2O3. The molecule has 0 spiro atoms. The number of rotatable bonds is 7. The Morgan fingerprint density at radius 3 is 2.86 bits per heavy atom. The minimum atomic E-state index is -0.0210. The lowest BCUT2D eigenvalue weighted by Crippen LogP contribution is -2.42. The Bertz CT molecular complexity index is 459. The molecule has 0 bridgehead atoms. The molecule has 0 unspecified atom stereocenters. The summed E-state index contributed by atoms with van der Waals surface area (Å²) in [6.45, 7) is 4.15. The second-order valence-electron chi connectivity index (χ2n) is 5.46. The Kier molecular flexibility index (Phi) is 5.87. The van der Waals surface area contributed by atoms with Crippen molar-refractivity contribution in [3.8, 4) is 11.5 Å². The van der Waals surface area contributed by atoms with E-state index in [0.717, 1.165) is 30.9 Å². The molecule has 0 aliphatic carbocycles. The standard InChI is InChI=1S/C16H24N2O3/c1-12(10-18-16(19)13-6-5-9-17-13)11-21-15-8-4-3-7-14(15)20-2/h3-4,7-8,12-13,17H,5-6,9-11H2,1-2H3,(H,18,19)/t12-,13+/m1/s1. The van der Waals surface area contributed by atoms with Gasteiger partial charge in [-0.3, -0.25) is 4.79 Å². The topological polar surface area (TPSA) is 59.6 Å². The summed E-state index contributed by atoms with van der Waals surface area (Å²) in [6, 6.07) is 7.55. The van der Waals surface area contributed by atoms with Crippen molar-refractivity contribution in [3.05, 3.63) is 24.3 Å². The number of carbonyl (C=O) groups is 1. The predicted octanol–water partition coefficient (Wildman–Crippen LogP) is 1.58. The molecule has 1 fully saturated rings. The average Bonchev–Trinajstić information content (AvgIpc) is 3.05. The molecular weight excluding hydrogens is 268 g/mol. The monoisotopic (exact) mass is 292 g/mol. The highest BCUT2D eigenvalue weighted by molar-refractivity contribution is 5.81. The molecule has 0 radical (unpaired) electrons. The fourth-order valence-corrected chi connectivity index (χ4v) is 2.34. The van der Waals surface area contributed by atoms with E-state index in [4.69, 9.17) is 9.47 Å². The second-order valence-corrected chi connectivity index (χ2v) is 5.46. The lowest BCUT2D eigenvalue weighted by molar-refractivity contribution is -0.123. The highest BCUT2D eigenvalue weighted by Crippen LogP contribution is 2.26. The molecule has 1 aromatic rings. The fraction of sp³-hybridized carbons (Fsp3) is 0.562. The summed E-state index contributed by atoms with van der Waals surface area (Å²) in [4.78, 5) is 11.9. The summed E-state index contributed by atoms with van der Waals surface area (Å²) in [5.41, 5.74) is 0. The van der Waals surface area contributed by atoms with Crippen LogP contribution in [0.4, 0.5) is 0 Å². The lowest BCUT2D eigenvalue weighted by Gasteiger charge is -2.17. The molecule has 2 N–H and O–H groups in total. The average molecular weight is 292 g/mol. The second kappa shape index (κ2) is 7.88. The number of nitrogens with one attached hydrogen (secondary N) is 2. The Hall–Kier alpha value is -1.75. The third kappa shape index (κ3) is 4.63. The zero-order valence-electron chi connectivity index (χ0n) is 12.7. The molecule has 2 rings (SSSR count). The van der Waals surface area contributed by atoms with E-state index in [1.165, 1.54) is 0 Å². The van der Waals surface area contributed by atoms with Crippen LogP contribution < -0.4 is 20.1 Å². The van der Waals surface area contributed by atoms with Crippen LogP contribution in [0.1, 0.15) is 19.8 Å². The van der Waals surface area contributed by atoms with Crippen LogP contribution in [0.2, 0.25) is 0 Å². The Morgan fingerprint density at radius 1 is 1.43 bits per heavy atom. The zero-order valence-corrected chi connectivity index (χ0v) is 12.7. The van der Waals surface area contributed by atoms with Gasteiger partial charge in [-0.25, -0.2) is 0 Å². The van der Waals surface area contributed by atoms with Gasteiger partial charge in [-0.15, -0.1) is 0 Å². The Labute approximate surface area is 126 Å². The van der Waals surface area contributed by atoms with E-state index in [1.807, 2.05) is 24.3 Å². The number of carbonyl (C=O) groups excluding carboxylic acids is 1. The molecule has 1 aromatic carbocycles. The summed E-state index contributed by atoms with van der Waals surface area (Å²) in [6.07, 6.45) is 2.00. The van der Waals surface area contributed by atoms with E-state index in [9.17, 15) is 4.79 Å². The number of benzene rings is 1. The van der Waals surface area contributed by atoms with Crippen molar-refractivity contribution < 1.29 is 14.3 Å². The van der Waals surface area contributed by atoms with E-state index in [2.05, 4.69) is 17.6 Å². The number of amides is 1. The molecule has 5 heteroatoms. The molecule has 21 heavy (non-hydrogen) atoms. The molecule has 5 nitrogen and oxygen atoms in total. The quantitative estimate of drug-likeness (QED) is 0.801. The first-order chi connectivity index (χ1) is 10.2. The van der Waals surface area contributed by atoms with Crippen LogP contribution in [0.15, 0.2) is 24.3 Å². The molecule has 0 saturated carbocycles. The van der Waals surface area contributed by atoms with Crippen LogP contribution in [-0.2, 0) is 4.79 Å². The minimum Gasteiger partial charge on any atom is -0.493 e. The van der Waals surface area contributed by atoms with Crippen molar-refractivity contribution >= 4 is 5.91 Å². The van der Waals surface area contributed by atoms with E-state index in [-0.39, 0.29) is 17.9 Å². The van der Waals surface area contributed by atoms with Gasteiger partial charge in [0.05, 0.1) is 19.8 Å². The molecule has 1 saturated heterocycles. The maximum atomic E-state index is 11.9. The molecule has 116 valence electrons. The van der Waals surface area contributed by atoms with Crippen LogP contribution in [0.3, 0.4) is 0 Å². The van der Waals surface area contributed by atoms with Crippen LogP contribution in [-0.4, -0.2) is 38.8 Å². The molecule has 1 aliphatic rings. The molecule has 1 aliphatic heterocycles. The van der Waals surface area contributed by atoms with E-state index < -0.39 is 0 Å². The number of para-hydroxylation sites is 2. The Morgan fingerprint density at radius 2 is 2.19 bits per heavy atom. The SMILES string of the molecule is COc1ccccc1OC[C@H](C)CNC(=O)[C@@H]1CCCN1. The zero-order chi connectivity index (χ0) is 15.1. The van der Waals surface area contributed by atoms with Crippen LogP contribution in [0, 0.1) is 5.92 Å². The smallest absolute Gasteiger partial charge is 0.237 e. The Balaban J connectivity index is 1.71. The van der Waals surface area contributed by atoms with Crippen molar-refractivity contribution in [1.82, 2.24) is 10.6 Å². The van der Waals surface area contributed by atoms with Gasteiger partial charge in [-0.05, 0) is 31.5 Å². The number of hydrogen-bond donors (Lipinski definition) is 2. The van der Waals surface area contributed by atoms with Gasteiger partial charge in [0.25, 0.3) is 0 Å². The summed E-state index contributed by atoms with van der Waals surface area (Å²) >= 11 is 0. The van der Waals surface area contributed by atoms with Crippen molar-refractivity contribution in [3.63, 3.8) is 0 Å². The summed E-state index contributed by atoms with van der Waals surface area (Å²) < 4.78 is 11.0. The van der Waals surface area contributed by atoms with Crippen molar-refractivity contribution in [2.24, 2.45) is 5.92 Å². The van der Waals surface area contributed by atoms with Gasteiger partial charge in [0, 0.05) is 12.5 Å². The van der Waals surface area contributed by atoms with Gasteiger partial charge in [0.1, 0.15) is 0 Å². The molecule has 0 aromatic heterocycles. The van der Waals surface area contributed by atoms with Gasteiger partial charge >= 0.3 is 0 Å². The summed E-state index contributed by atoms with van der Waals surface area (Å²) in [5, 5.41) is 6.17. The van der Waals surface area contributed by atoms with Gasteiger partial charge in [0.15, 0.2) is 11.5 Å². The third-order valence-corrected chi connectivity index (χ3v) is 3.59. The van der Waals surface area contributed by atoms with E-state index in [1.54, 1.807) is 7.11 Å². The van der Waals surface area contributed by atoms with Crippen molar-refractivity contribution in [2.75, 3.05) is 26.8 Å². The highest BCUT2D eigenvalue weighted by atomic mass is 16.5. The first-order valence-corrected chi connectivity index (χ1v) is 7.47. The number of methoxy groups -OCH3 is 1. The lowest BCUT2D eigenvalue weighted by atomic mass is 10.1. The molecule has 1 heterocycles. The fourth-order valence-electron chi connectivity index (χ4n) is 2.34. The molecule has 2 atom stereocenters. The normalized spacial score (nSPS) is 19.0. The van der Waals surface area contributed by atoms with Crippen molar-refractivity contribution in [1.29, 1.82) is 0 Å². The largest absolute Gasteiger partial charge is 0.493 e. The molecule has 1 amide bonds. The number of ether oxygens (including phenoxy) is 2. The number of hydrogen-bond acceptors (Lipinski definition) is 4. The van der Waals surface area contributed by atoms with Crippen LogP contribution >= 0.6 is 0 Å². The van der Waals surface area contributed by atoms with E-state index in [0.29, 0.717) is 13.2 Å². The third-order valence-electron chi connectivity index (χ3n) is 3.59. The minimum absolute atomic E-state index is 0.0210. The van der Waals surface area contributed by atoms with Gasteiger partial charge in [0.2, 0.25) is 5.91 Å². The maximum absolute atomic E-state index is 11.9. The summed E-state index contributed by atoms with van der Waals surface area (Å²) in [5.74, 6) is 1.79. The van der Waals surface area contributed by atoms with Gasteiger partial charge in [-0.2, -0.15) is 0 Å². The van der Waals surface area contributed by atoms with Crippen LogP contribution in [0.25, 0.3) is 0 Å². The first-order valence-electron chi connectivity index (χ1n) is 7.47. The van der Waals surface area contributed by atoms with Gasteiger partial charge < -0.3 is 20.1 Å². The maximum Gasteiger partial charge on any atom is 0.237 e. The van der Waals surface area contributed by atoms with Gasteiger partial charge in [-0.1, -0.05) is 19.1 Å². The highest BCUT2D eigenvalue weighted by Gasteiger charge is 2.21. The van der Waals surface area contributed by atoms with E-state index >= 15 is 0 Å². The van der Waals surface area contributed by atoms with Crippen LogP contribution in [0.5, 0.6) is 11.5 Å².